The van der Waals surface area contributed by atoms with Crippen molar-refractivity contribution in [3.8, 4) is 0 Å². The van der Waals surface area contributed by atoms with E-state index in [0.29, 0.717) is 0 Å². The zero-order chi connectivity index (χ0) is 10.1. The van der Waals surface area contributed by atoms with Gasteiger partial charge in [-0.25, -0.2) is 0 Å². The highest BCUT2D eigenvalue weighted by Crippen LogP contribution is 2.06. The molecule has 13 heavy (non-hydrogen) atoms. The van der Waals surface area contributed by atoms with Crippen LogP contribution < -0.4 is 5.32 Å². The van der Waals surface area contributed by atoms with Crippen LogP contribution in [0, 0.1) is 11.8 Å². The average molecular weight is 187 g/mol. The molecule has 0 aromatic carbocycles. The molecule has 0 aliphatic carbocycles. The molecule has 0 heterocycles. The highest BCUT2D eigenvalue weighted by molar-refractivity contribution is 4.59. The highest BCUT2D eigenvalue weighted by atomic mass is 16.5. The van der Waals surface area contributed by atoms with Crippen LogP contribution >= 0.6 is 0 Å². The van der Waals surface area contributed by atoms with Crippen molar-refractivity contribution in [1.29, 1.82) is 0 Å². The van der Waals surface area contributed by atoms with E-state index < -0.39 is 0 Å². The summed E-state index contributed by atoms with van der Waals surface area (Å²) >= 11 is 0. The van der Waals surface area contributed by atoms with Crippen molar-refractivity contribution in [2.75, 3.05) is 26.3 Å². The number of hydrogen-bond donors (Lipinski definition) is 1. The fourth-order valence-electron chi connectivity index (χ4n) is 0.956. The van der Waals surface area contributed by atoms with Crippen molar-refractivity contribution >= 4 is 0 Å². The van der Waals surface area contributed by atoms with Crippen molar-refractivity contribution in [1.82, 2.24) is 5.32 Å². The van der Waals surface area contributed by atoms with Gasteiger partial charge in [-0.2, -0.15) is 0 Å². The van der Waals surface area contributed by atoms with Crippen LogP contribution in [0.2, 0.25) is 0 Å². The first kappa shape index (κ1) is 12.9. The number of hydrogen-bond acceptors (Lipinski definition) is 2. The maximum absolute atomic E-state index is 5.36. The summed E-state index contributed by atoms with van der Waals surface area (Å²) in [6.07, 6.45) is 1.11. The molecule has 0 spiro atoms. The molecule has 80 valence electrons. The Morgan fingerprint density at radius 1 is 1.15 bits per heavy atom. The Kier molecular flexibility index (Phi) is 8.46. The second-order valence-electron chi connectivity index (χ2n) is 4.04. The van der Waals surface area contributed by atoms with Gasteiger partial charge < -0.3 is 10.1 Å². The number of ether oxygens (including phenoxy) is 1. The molecule has 0 saturated heterocycles. The molecule has 0 aromatic heterocycles. The van der Waals surface area contributed by atoms with Gasteiger partial charge in [0.1, 0.15) is 0 Å². The molecule has 1 N–H and O–H groups in total. The van der Waals surface area contributed by atoms with Gasteiger partial charge in [0.15, 0.2) is 0 Å². The molecule has 0 bridgehead atoms. The fraction of sp³-hybridized carbons (Fsp3) is 1.00. The zero-order valence-corrected chi connectivity index (χ0v) is 9.60. The topological polar surface area (TPSA) is 21.3 Å². The predicted octanol–water partition coefficient (Wildman–Crippen LogP) is 2.29. The summed E-state index contributed by atoms with van der Waals surface area (Å²) in [5.74, 6) is 1.52. The fourth-order valence-corrected chi connectivity index (χ4v) is 0.956. The van der Waals surface area contributed by atoms with Crippen LogP contribution in [0.3, 0.4) is 0 Å². The van der Waals surface area contributed by atoms with Crippen LogP contribution in [0.15, 0.2) is 0 Å². The van der Waals surface area contributed by atoms with E-state index in [2.05, 4.69) is 33.0 Å². The van der Waals surface area contributed by atoms with Crippen LogP contribution in [0.4, 0.5) is 0 Å². The zero-order valence-electron chi connectivity index (χ0n) is 9.60. The van der Waals surface area contributed by atoms with E-state index in [1.807, 2.05) is 0 Å². The minimum Gasteiger partial charge on any atom is -0.380 e. The third-order valence-corrected chi connectivity index (χ3v) is 2.38. The molecule has 1 atom stereocenters. The Hall–Kier alpha value is -0.0800. The molecule has 0 amide bonds. The van der Waals surface area contributed by atoms with Crippen molar-refractivity contribution in [3.63, 3.8) is 0 Å². The second kappa shape index (κ2) is 8.52. The van der Waals surface area contributed by atoms with Crippen molar-refractivity contribution in [2.24, 2.45) is 11.8 Å². The van der Waals surface area contributed by atoms with Gasteiger partial charge in [0.05, 0.1) is 6.61 Å². The van der Waals surface area contributed by atoms with E-state index in [4.69, 9.17) is 4.74 Å². The molecular weight excluding hydrogens is 162 g/mol. The Labute approximate surface area is 83.1 Å². The summed E-state index contributed by atoms with van der Waals surface area (Å²) in [5, 5.41) is 3.40. The molecule has 0 radical (unpaired) electrons. The lowest BCUT2D eigenvalue weighted by Crippen LogP contribution is -2.27. The van der Waals surface area contributed by atoms with Gasteiger partial charge in [-0.3, -0.25) is 0 Å². The Bertz CT molecular complexity index is 104. The van der Waals surface area contributed by atoms with Crippen LogP contribution in [-0.2, 0) is 4.74 Å². The standard InChI is InChI=1S/C11H25NO/c1-5-7-13-8-6-12-9-11(4)10(2)3/h10-12H,5-9H2,1-4H3. The molecule has 0 fully saturated rings. The van der Waals surface area contributed by atoms with E-state index in [9.17, 15) is 0 Å². The number of rotatable bonds is 8. The highest BCUT2D eigenvalue weighted by Gasteiger charge is 2.05. The van der Waals surface area contributed by atoms with E-state index in [1.54, 1.807) is 0 Å². The molecule has 0 rings (SSSR count). The molecule has 0 aromatic rings. The SMILES string of the molecule is CCCOCCNCC(C)C(C)C. The van der Waals surface area contributed by atoms with E-state index >= 15 is 0 Å². The van der Waals surface area contributed by atoms with Gasteiger partial charge >= 0.3 is 0 Å². The smallest absolute Gasteiger partial charge is 0.0590 e. The van der Waals surface area contributed by atoms with Crippen molar-refractivity contribution < 1.29 is 4.74 Å². The number of nitrogens with one attached hydrogen (secondary N) is 1. The Balaban J connectivity index is 3.07. The minimum atomic E-state index is 0.756. The molecule has 2 heteroatoms. The van der Waals surface area contributed by atoms with Gasteiger partial charge in [-0.15, -0.1) is 0 Å². The lowest BCUT2D eigenvalue weighted by molar-refractivity contribution is 0.135. The summed E-state index contributed by atoms with van der Waals surface area (Å²) in [4.78, 5) is 0. The Morgan fingerprint density at radius 3 is 2.38 bits per heavy atom. The minimum absolute atomic E-state index is 0.756. The molecule has 0 aliphatic rings. The van der Waals surface area contributed by atoms with Gasteiger partial charge in [0.25, 0.3) is 0 Å². The first-order valence-corrected chi connectivity index (χ1v) is 5.47. The summed E-state index contributed by atoms with van der Waals surface area (Å²) < 4.78 is 5.36. The first-order valence-electron chi connectivity index (χ1n) is 5.47. The quantitative estimate of drug-likeness (QED) is 0.589. The molecular formula is C11H25NO. The van der Waals surface area contributed by atoms with Crippen molar-refractivity contribution in [3.05, 3.63) is 0 Å². The predicted molar refractivity (Wildman–Crippen MR) is 58.0 cm³/mol. The van der Waals surface area contributed by atoms with Gasteiger partial charge in [0, 0.05) is 13.2 Å². The normalized spacial score (nSPS) is 13.6. The monoisotopic (exact) mass is 187 g/mol. The Morgan fingerprint density at radius 2 is 1.85 bits per heavy atom. The van der Waals surface area contributed by atoms with E-state index in [-0.39, 0.29) is 0 Å². The molecule has 0 aliphatic heterocycles. The summed E-state index contributed by atoms with van der Waals surface area (Å²) in [6.45, 7) is 12.8. The van der Waals surface area contributed by atoms with Crippen LogP contribution in [0.1, 0.15) is 34.1 Å². The summed E-state index contributed by atoms with van der Waals surface area (Å²) in [6, 6.07) is 0. The third kappa shape index (κ3) is 8.26. The maximum Gasteiger partial charge on any atom is 0.0590 e. The second-order valence-corrected chi connectivity index (χ2v) is 4.04. The third-order valence-electron chi connectivity index (χ3n) is 2.38. The maximum atomic E-state index is 5.36. The molecule has 2 nitrogen and oxygen atoms in total. The van der Waals surface area contributed by atoms with Gasteiger partial charge in [-0.1, -0.05) is 27.7 Å². The average Bonchev–Trinajstić information content (AvgIpc) is 2.10. The van der Waals surface area contributed by atoms with Crippen LogP contribution in [0.25, 0.3) is 0 Å². The largest absolute Gasteiger partial charge is 0.380 e. The van der Waals surface area contributed by atoms with E-state index in [1.165, 1.54) is 0 Å². The first-order chi connectivity index (χ1) is 6.18. The van der Waals surface area contributed by atoms with Gasteiger partial charge in [-0.05, 0) is 24.8 Å². The van der Waals surface area contributed by atoms with Gasteiger partial charge in [0.2, 0.25) is 0 Å². The van der Waals surface area contributed by atoms with E-state index in [0.717, 1.165) is 44.6 Å². The lowest BCUT2D eigenvalue weighted by Gasteiger charge is -2.15. The summed E-state index contributed by atoms with van der Waals surface area (Å²) in [5.41, 5.74) is 0. The lowest BCUT2D eigenvalue weighted by atomic mass is 9.98. The van der Waals surface area contributed by atoms with Crippen molar-refractivity contribution in [2.45, 2.75) is 34.1 Å². The molecule has 1 unspecified atom stereocenters. The van der Waals surface area contributed by atoms with Crippen LogP contribution in [0.5, 0.6) is 0 Å². The summed E-state index contributed by atoms with van der Waals surface area (Å²) in [7, 11) is 0. The molecule has 0 saturated carbocycles. The van der Waals surface area contributed by atoms with Crippen LogP contribution in [-0.4, -0.2) is 26.3 Å².